The molecule has 3 heterocycles. The maximum atomic E-state index is 2.75. The molecule has 4 aliphatic rings. The van der Waals surface area contributed by atoms with Crippen molar-refractivity contribution >= 4 is 61.1 Å². The van der Waals surface area contributed by atoms with Gasteiger partial charge in [0.25, 0.3) is 6.71 Å². The fraction of sp³-hybridized carbons (Fsp3) is 0.345. The summed E-state index contributed by atoms with van der Waals surface area (Å²) < 4.78 is 2.82. The fourth-order valence-electron chi connectivity index (χ4n) is 10.6. The van der Waals surface area contributed by atoms with Crippen LogP contribution in [0.2, 0.25) is 0 Å². The van der Waals surface area contributed by atoms with Gasteiger partial charge in [-0.25, -0.2) is 0 Å². The van der Waals surface area contributed by atoms with Gasteiger partial charge in [-0.1, -0.05) is 155 Å². The van der Waals surface area contributed by atoms with Crippen molar-refractivity contribution in [2.45, 2.75) is 117 Å². The van der Waals surface area contributed by atoms with E-state index in [0.29, 0.717) is 5.92 Å². The van der Waals surface area contributed by atoms with E-state index in [-0.39, 0.29) is 28.4 Å². The minimum Gasteiger partial charge on any atom is -0.315 e. The fourth-order valence-corrected chi connectivity index (χ4v) is 11.9. The summed E-state index contributed by atoms with van der Waals surface area (Å²) in [5.41, 5.74) is 19.5. The molecule has 1 atom stereocenters. The van der Waals surface area contributed by atoms with Crippen LogP contribution in [-0.2, 0) is 21.7 Å². The number of fused-ring (bicyclic) bond motifs is 7. The molecule has 298 valence electrons. The average molecular weight is 791 g/mol. The molecule has 2 aliphatic carbocycles. The molecule has 0 saturated heterocycles. The van der Waals surface area contributed by atoms with Gasteiger partial charge in [0.1, 0.15) is 0 Å². The van der Waals surface area contributed by atoms with Gasteiger partial charge in [-0.2, -0.15) is 0 Å². The van der Waals surface area contributed by atoms with E-state index in [0.717, 1.165) is 6.42 Å². The van der Waals surface area contributed by atoms with Gasteiger partial charge < -0.3 is 9.80 Å². The molecule has 59 heavy (non-hydrogen) atoms. The number of benzene rings is 5. The maximum absolute atomic E-state index is 2.75. The zero-order valence-electron chi connectivity index (χ0n) is 37.0. The number of nitrogens with zero attached hydrogens (tertiary/aromatic N) is 2. The molecular weight excluding hydrogens is 731 g/mol. The van der Waals surface area contributed by atoms with Crippen molar-refractivity contribution in [1.29, 1.82) is 0 Å². The second kappa shape index (κ2) is 13.1. The molecule has 0 amide bonds. The monoisotopic (exact) mass is 790 g/mol. The number of hydrogen-bond acceptors (Lipinski definition) is 3. The molecular formula is C55H59BN2S. The number of hydrogen-bond donors (Lipinski definition) is 0. The Labute approximate surface area is 357 Å². The Morgan fingerprint density at radius 1 is 0.661 bits per heavy atom. The van der Waals surface area contributed by atoms with Crippen LogP contribution in [-0.4, -0.2) is 6.71 Å². The molecule has 4 heteroatoms. The Bertz CT molecular complexity index is 2730. The van der Waals surface area contributed by atoms with Crippen LogP contribution in [0.15, 0.2) is 132 Å². The lowest BCUT2D eigenvalue weighted by Crippen LogP contribution is -2.57. The predicted molar refractivity (Wildman–Crippen MR) is 257 cm³/mol. The van der Waals surface area contributed by atoms with Gasteiger partial charge in [0.05, 0.1) is 11.4 Å². The van der Waals surface area contributed by atoms with Crippen molar-refractivity contribution in [1.82, 2.24) is 0 Å². The summed E-state index contributed by atoms with van der Waals surface area (Å²) in [6.07, 6.45) is 5.96. The number of rotatable bonds is 3. The van der Waals surface area contributed by atoms with E-state index in [4.69, 9.17) is 0 Å². The second-order valence-corrected chi connectivity index (χ2v) is 22.5. The molecule has 2 aliphatic heterocycles. The standard InChI is InChI=1S/C55H59BN2S/c1-34-29-46-49-47(30-34)58(44-26-23-37(53(5,6)7)31-40(44)35-17-13-12-14-18-35)45-33-42-41(54(8,9)27-28-55(42,10)11)32-43(45)56(49)51-50(39-19-15-16-20-48(39)59-51)57(46)38-24-21-36(22-25-38)52(2,3)4/h12-26,29,31-34H,27-28,30H2,1-11H3. The van der Waals surface area contributed by atoms with Crippen LogP contribution in [0.3, 0.4) is 0 Å². The van der Waals surface area contributed by atoms with Crippen LogP contribution in [0.4, 0.5) is 22.7 Å². The summed E-state index contributed by atoms with van der Waals surface area (Å²) in [7, 11) is 0. The number of allylic oxidation sites excluding steroid dienone is 3. The molecule has 0 saturated carbocycles. The van der Waals surface area contributed by atoms with Crippen LogP contribution in [0.25, 0.3) is 21.2 Å². The van der Waals surface area contributed by atoms with Gasteiger partial charge in [0.2, 0.25) is 0 Å². The molecule has 10 rings (SSSR count). The predicted octanol–water partition coefficient (Wildman–Crippen LogP) is 14.1. The van der Waals surface area contributed by atoms with E-state index in [9.17, 15) is 0 Å². The minimum atomic E-state index is 0.0166. The highest BCUT2D eigenvalue weighted by Gasteiger charge is 2.50. The first kappa shape index (κ1) is 38.4. The topological polar surface area (TPSA) is 6.48 Å². The Hall–Kier alpha value is -4.80. The van der Waals surface area contributed by atoms with Crippen LogP contribution in [0.1, 0.15) is 118 Å². The van der Waals surface area contributed by atoms with Crippen LogP contribution < -0.4 is 20.0 Å². The number of thiophene rings is 1. The molecule has 0 N–H and O–H groups in total. The summed E-state index contributed by atoms with van der Waals surface area (Å²) in [4.78, 5) is 5.40. The molecule has 0 radical (unpaired) electrons. The van der Waals surface area contributed by atoms with E-state index >= 15 is 0 Å². The summed E-state index contributed by atoms with van der Waals surface area (Å²) in [5.74, 6) is 0.346. The summed E-state index contributed by atoms with van der Waals surface area (Å²) in [6, 6.07) is 42.5. The Morgan fingerprint density at radius 3 is 1.97 bits per heavy atom. The van der Waals surface area contributed by atoms with Crippen molar-refractivity contribution in [3.63, 3.8) is 0 Å². The first-order valence-corrected chi connectivity index (χ1v) is 22.8. The normalized spacial score (nSPS) is 19.3. The summed E-state index contributed by atoms with van der Waals surface area (Å²) in [5, 5.41) is 1.35. The quantitative estimate of drug-likeness (QED) is 0.165. The maximum Gasteiger partial charge on any atom is 0.264 e. The van der Waals surface area contributed by atoms with Gasteiger partial charge in [-0.05, 0) is 122 Å². The van der Waals surface area contributed by atoms with E-state index < -0.39 is 0 Å². The van der Waals surface area contributed by atoms with Crippen molar-refractivity contribution in [3.05, 3.63) is 154 Å². The SMILES string of the molecule is CC1C=C2C3=C(C1)N(c1ccc(C(C)(C)C)cc1-c1ccccc1)c1cc4c(cc1B3c1sc3ccccc3c1N2c1ccc(C(C)(C)C)cc1)C(C)(C)CCC4(C)C. The van der Waals surface area contributed by atoms with Crippen molar-refractivity contribution < 1.29 is 0 Å². The van der Waals surface area contributed by atoms with Crippen molar-refractivity contribution in [2.75, 3.05) is 9.80 Å². The minimum absolute atomic E-state index is 0.0166. The molecule has 5 aromatic carbocycles. The largest absolute Gasteiger partial charge is 0.315 e. The molecule has 0 bridgehead atoms. The highest BCUT2D eigenvalue weighted by atomic mass is 32.1. The lowest BCUT2D eigenvalue weighted by Gasteiger charge is -2.49. The Kier molecular flexibility index (Phi) is 8.53. The summed E-state index contributed by atoms with van der Waals surface area (Å²) >= 11 is 2.01. The lowest BCUT2D eigenvalue weighted by atomic mass is 9.34. The third kappa shape index (κ3) is 6.02. The van der Waals surface area contributed by atoms with E-state index in [1.807, 2.05) is 11.3 Å². The molecule has 0 fully saturated rings. The third-order valence-electron chi connectivity index (χ3n) is 14.2. The molecule has 6 aromatic rings. The molecule has 0 spiro atoms. The Morgan fingerprint density at radius 2 is 1.29 bits per heavy atom. The first-order valence-electron chi connectivity index (χ1n) is 22.0. The van der Waals surface area contributed by atoms with Gasteiger partial charge in [0.15, 0.2) is 0 Å². The van der Waals surface area contributed by atoms with E-state index in [1.165, 1.54) is 106 Å². The van der Waals surface area contributed by atoms with Crippen LogP contribution in [0, 0.1) is 5.92 Å². The molecule has 1 unspecified atom stereocenters. The third-order valence-corrected chi connectivity index (χ3v) is 15.4. The molecule has 1 aromatic heterocycles. The first-order chi connectivity index (χ1) is 27.9. The van der Waals surface area contributed by atoms with Gasteiger partial charge in [-0.3, -0.25) is 0 Å². The second-order valence-electron chi connectivity index (χ2n) is 21.4. The molecule has 2 nitrogen and oxygen atoms in total. The van der Waals surface area contributed by atoms with Crippen molar-refractivity contribution in [2.24, 2.45) is 5.92 Å². The zero-order chi connectivity index (χ0) is 41.4. The smallest absolute Gasteiger partial charge is 0.264 e. The number of anilines is 4. The van der Waals surface area contributed by atoms with Gasteiger partial charge in [0, 0.05) is 43.2 Å². The lowest BCUT2D eigenvalue weighted by molar-refractivity contribution is 0.332. The van der Waals surface area contributed by atoms with Gasteiger partial charge in [-0.15, -0.1) is 11.3 Å². The summed E-state index contributed by atoms with van der Waals surface area (Å²) in [6.45, 7) is 26.5. The van der Waals surface area contributed by atoms with Crippen LogP contribution in [0.5, 0.6) is 0 Å². The van der Waals surface area contributed by atoms with E-state index in [2.05, 4.69) is 201 Å². The van der Waals surface area contributed by atoms with Crippen molar-refractivity contribution in [3.8, 4) is 11.1 Å². The highest BCUT2D eigenvalue weighted by molar-refractivity contribution is 7.32. The highest BCUT2D eigenvalue weighted by Crippen LogP contribution is 2.55. The van der Waals surface area contributed by atoms with Gasteiger partial charge >= 0.3 is 0 Å². The van der Waals surface area contributed by atoms with Crippen LogP contribution >= 0.6 is 11.3 Å². The zero-order valence-corrected chi connectivity index (χ0v) is 37.9. The van der Waals surface area contributed by atoms with E-state index in [1.54, 1.807) is 0 Å². The average Bonchev–Trinajstić information content (AvgIpc) is 3.58. The Balaban J connectivity index is 1.33.